The number of methoxy groups -OCH3 is 4. The van der Waals surface area contributed by atoms with Crippen LogP contribution in [0.3, 0.4) is 0 Å². The van der Waals surface area contributed by atoms with Gasteiger partial charge < -0.3 is 18.9 Å². The monoisotopic (exact) mass is 436 g/mol. The van der Waals surface area contributed by atoms with E-state index in [0.717, 1.165) is 14.2 Å². The van der Waals surface area contributed by atoms with E-state index in [0.29, 0.717) is 0 Å². The second kappa shape index (κ2) is 11.8. The van der Waals surface area contributed by atoms with Crippen LogP contribution in [0.1, 0.15) is 32.1 Å². The highest BCUT2D eigenvalue weighted by Crippen LogP contribution is 2.34. The summed E-state index contributed by atoms with van der Waals surface area (Å²) in [4.78, 5) is 62.2. The summed E-state index contributed by atoms with van der Waals surface area (Å²) in [6.07, 6.45) is 8.44. The molecule has 0 saturated heterocycles. The van der Waals surface area contributed by atoms with Crippen LogP contribution in [0.4, 0.5) is 0 Å². The van der Waals surface area contributed by atoms with E-state index in [2.05, 4.69) is 0 Å². The average molecular weight is 436 g/mol. The molecule has 31 heavy (non-hydrogen) atoms. The van der Waals surface area contributed by atoms with E-state index in [4.69, 9.17) is 18.9 Å². The van der Waals surface area contributed by atoms with Crippen molar-refractivity contribution in [2.24, 2.45) is 10.8 Å². The van der Waals surface area contributed by atoms with Crippen molar-refractivity contribution in [1.29, 1.82) is 0 Å². The molecule has 0 amide bonds. The van der Waals surface area contributed by atoms with Gasteiger partial charge in [-0.2, -0.15) is 0 Å². The van der Waals surface area contributed by atoms with E-state index in [-0.39, 0.29) is 25.7 Å². The van der Waals surface area contributed by atoms with Crippen molar-refractivity contribution >= 4 is 29.7 Å². The van der Waals surface area contributed by atoms with Gasteiger partial charge in [-0.05, 0) is 31.8 Å². The summed E-state index contributed by atoms with van der Waals surface area (Å²) < 4.78 is 19.2. The van der Waals surface area contributed by atoms with Crippen LogP contribution in [0.25, 0.3) is 0 Å². The predicted molar refractivity (Wildman–Crippen MR) is 108 cm³/mol. The summed E-state index contributed by atoms with van der Waals surface area (Å²) in [5.74, 6) is -3.75. The third-order valence-electron chi connectivity index (χ3n) is 5.14. The molecule has 0 bridgehead atoms. The smallest absolute Gasteiger partial charge is 0.324 e. The zero-order chi connectivity index (χ0) is 23.5. The van der Waals surface area contributed by atoms with E-state index in [1.165, 1.54) is 38.5 Å². The lowest BCUT2D eigenvalue weighted by atomic mass is 9.78. The Balaban J connectivity index is 3.39. The lowest BCUT2D eigenvalue weighted by Gasteiger charge is -2.27. The number of esters is 4. The van der Waals surface area contributed by atoms with Crippen LogP contribution >= 0.6 is 0 Å². The van der Waals surface area contributed by atoms with Crippen LogP contribution in [0.5, 0.6) is 0 Å². The van der Waals surface area contributed by atoms with Crippen LogP contribution in [0, 0.1) is 10.8 Å². The Hall–Kier alpha value is -3.23. The van der Waals surface area contributed by atoms with Gasteiger partial charge in [-0.3, -0.25) is 24.0 Å². The minimum atomic E-state index is -1.82. The lowest BCUT2D eigenvalue weighted by molar-refractivity contribution is -0.171. The highest BCUT2D eigenvalue weighted by atomic mass is 16.6. The van der Waals surface area contributed by atoms with Crippen molar-refractivity contribution < 1.29 is 42.9 Å². The molecule has 1 aliphatic rings. The summed E-state index contributed by atoms with van der Waals surface area (Å²) in [5, 5.41) is 0. The minimum absolute atomic E-state index is 0.00236. The second-order valence-corrected chi connectivity index (χ2v) is 6.98. The Morgan fingerprint density at radius 1 is 0.710 bits per heavy atom. The Morgan fingerprint density at radius 2 is 1.13 bits per heavy atom. The number of rotatable bonds is 4. The second-order valence-electron chi connectivity index (χ2n) is 6.98. The first-order chi connectivity index (χ1) is 14.7. The van der Waals surface area contributed by atoms with Crippen molar-refractivity contribution in [3.63, 3.8) is 0 Å². The van der Waals surface area contributed by atoms with Crippen LogP contribution in [-0.4, -0.2) is 58.1 Å². The standard InChI is InChI=1S/C22H28O9/c1-28-17(24)21(18(25)29-2)12-8-5-6-9-14-22(19(26)30-3,20(27)31-4)15-16(23)11-7-10-13-21/h5-9,11H,10,12-15H2,1-4H3/b8-5-,9-6+,11-7-. The topological polar surface area (TPSA) is 122 Å². The molecule has 0 atom stereocenters. The van der Waals surface area contributed by atoms with Gasteiger partial charge in [0.05, 0.1) is 28.4 Å². The predicted octanol–water partition coefficient (Wildman–Crippen LogP) is 1.85. The molecule has 0 aromatic heterocycles. The van der Waals surface area contributed by atoms with Gasteiger partial charge in [-0.25, -0.2) is 0 Å². The average Bonchev–Trinajstić information content (AvgIpc) is 2.79. The fraction of sp³-hybridized carbons (Fsp3) is 0.500. The van der Waals surface area contributed by atoms with Gasteiger partial charge in [0.25, 0.3) is 0 Å². The lowest BCUT2D eigenvalue weighted by Crippen LogP contribution is -2.42. The molecule has 0 heterocycles. The summed E-state index contributed by atoms with van der Waals surface area (Å²) in [5.41, 5.74) is -3.38. The highest BCUT2D eigenvalue weighted by Gasteiger charge is 2.49. The number of hydrogen-bond donors (Lipinski definition) is 0. The highest BCUT2D eigenvalue weighted by molar-refractivity contribution is 6.06. The number of hydrogen-bond acceptors (Lipinski definition) is 9. The van der Waals surface area contributed by atoms with E-state index in [1.807, 2.05) is 0 Å². The Labute approximate surface area is 181 Å². The summed E-state index contributed by atoms with van der Waals surface area (Å²) in [6, 6.07) is 0. The molecule has 170 valence electrons. The SMILES string of the molecule is COC(=O)C1(C(=O)OC)C/C=C\C=C\CC(C(=O)OC)(C(=O)OC)CC(=O)/C=C\CC1. The molecule has 0 aromatic carbocycles. The summed E-state index contributed by atoms with van der Waals surface area (Å²) in [6.45, 7) is 0. The Morgan fingerprint density at radius 3 is 1.58 bits per heavy atom. The van der Waals surface area contributed by atoms with Gasteiger partial charge in [-0.1, -0.05) is 30.4 Å². The number of carbonyl (C=O) groups is 5. The molecular weight excluding hydrogens is 408 g/mol. The maximum absolute atomic E-state index is 12.5. The van der Waals surface area contributed by atoms with Gasteiger partial charge in [-0.15, -0.1) is 0 Å². The van der Waals surface area contributed by atoms with E-state index in [9.17, 15) is 24.0 Å². The van der Waals surface area contributed by atoms with Crippen LogP contribution in [0.2, 0.25) is 0 Å². The molecule has 0 fully saturated rings. The van der Waals surface area contributed by atoms with Gasteiger partial charge in [0.2, 0.25) is 0 Å². The maximum Gasteiger partial charge on any atom is 0.324 e. The zero-order valence-corrected chi connectivity index (χ0v) is 18.2. The van der Waals surface area contributed by atoms with Crippen molar-refractivity contribution in [3.05, 3.63) is 36.5 Å². The third-order valence-corrected chi connectivity index (χ3v) is 5.14. The molecule has 1 aliphatic carbocycles. The summed E-state index contributed by atoms with van der Waals surface area (Å²) in [7, 11) is 4.62. The Bertz CT molecular complexity index is 757. The quantitative estimate of drug-likeness (QED) is 0.369. The third kappa shape index (κ3) is 5.90. The molecule has 9 heteroatoms. The van der Waals surface area contributed by atoms with Crippen LogP contribution in [0.15, 0.2) is 36.5 Å². The molecule has 0 spiro atoms. The van der Waals surface area contributed by atoms with Crippen LogP contribution in [-0.2, 0) is 42.9 Å². The molecule has 1 rings (SSSR count). The molecule has 0 N–H and O–H groups in total. The summed E-state index contributed by atoms with van der Waals surface area (Å²) >= 11 is 0. The van der Waals surface area contributed by atoms with E-state index in [1.54, 1.807) is 12.2 Å². The van der Waals surface area contributed by atoms with Gasteiger partial charge in [0.15, 0.2) is 16.6 Å². The van der Waals surface area contributed by atoms with Crippen molar-refractivity contribution in [3.8, 4) is 0 Å². The molecule has 0 unspecified atom stereocenters. The van der Waals surface area contributed by atoms with Gasteiger partial charge in [0.1, 0.15) is 0 Å². The zero-order valence-electron chi connectivity index (χ0n) is 18.2. The minimum Gasteiger partial charge on any atom is -0.468 e. The van der Waals surface area contributed by atoms with Crippen molar-refractivity contribution in [2.45, 2.75) is 32.1 Å². The molecule has 0 saturated carbocycles. The number of ether oxygens (including phenoxy) is 4. The first-order valence-electron chi connectivity index (χ1n) is 9.58. The first kappa shape index (κ1) is 25.8. The molecular formula is C22H28O9. The normalized spacial score (nSPS) is 21.5. The molecule has 0 aliphatic heterocycles. The van der Waals surface area contributed by atoms with Crippen LogP contribution < -0.4 is 0 Å². The largest absolute Gasteiger partial charge is 0.468 e. The molecule has 0 aromatic rings. The number of allylic oxidation sites excluding steroid dienone is 6. The fourth-order valence-corrected chi connectivity index (χ4v) is 3.40. The Kier molecular flexibility index (Phi) is 9.85. The number of ketones is 1. The molecule has 9 nitrogen and oxygen atoms in total. The number of carbonyl (C=O) groups excluding carboxylic acids is 5. The first-order valence-corrected chi connectivity index (χ1v) is 9.58. The van der Waals surface area contributed by atoms with Crippen molar-refractivity contribution in [1.82, 2.24) is 0 Å². The van der Waals surface area contributed by atoms with E-state index >= 15 is 0 Å². The van der Waals surface area contributed by atoms with Crippen molar-refractivity contribution in [2.75, 3.05) is 28.4 Å². The molecule has 0 radical (unpaired) electrons. The fourth-order valence-electron chi connectivity index (χ4n) is 3.40. The van der Waals surface area contributed by atoms with E-state index < -0.39 is 46.9 Å². The van der Waals surface area contributed by atoms with Gasteiger partial charge in [0, 0.05) is 6.42 Å². The maximum atomic E-state index is 12.5. The van der Waals surface area contributed by atoms with Gasteiger partial charge >= 0.3 is 23.9 Å².